The van der Waals surface area contributed by atoms with Crippen LogP contribution in [0.5, 0.6) is 0 Å². The molecule has 0 bridgehead atoms. The van der Waals surface area contributed by atoms with Crippen LogP contribution >= 0.6 is 0 Å². The molecule has 3 heterocycles. The van der Waals surface area contributed by atoms with Gasteiger partial charge in [-0.05, 0) is 36.6 Å². The Morgan fingerprint density at radius 2 is 1.83 bits per heavy atom. The molecule has 0 spiro atoms. The van der Waals surface area contributed by atoms with Gasteiger partial charge in [0.25, 0.3) is 0 Å². The van der Waals surface area contributed by atoms with Crippen LogP contribution in [0.15, 0.2) is 24.3 Å². The minimum absolute atomic E-state index is 0.0690. The number of nitrogens with two attached hydrogens (primary N) is 1. The summed E-state index contributed by atoms with van der Waals surface area (Å²) in [6, 6.07) is 4.77. The van der Waals surface area contributed by atoms with Gasteiger partial charge in [-0.3, -0.25) is 0 Å². The fraction of sp³-hybridized carbons (Fsp3) is 0.412. The third-order valence-electron chi connectivity index (χ3n) is 4.51. The highest BCUT2D eigenvalue weighted by molar-refractivity contribution is 5.55. The van der Waals surface area contributed by atoms with Crippen molar-refractivity contribution in [2.24, 2.45) is 0 Å². The molecule has 0 amide bonds. The summed E-state index contributed by atoms with van der Waals surface area (Å²) >= 11 is 0. The first-order valence-corrected chi connectivity index (χ1v) is 9.09. The number of halogens is 3. The number of aromatic nitrogens is 7. The molecule has 9 nitrogen and oxygen atoms in total. The Labute approximate surface area is 163 Å². The van der Waals surface area contributed by atoms with Crippen molar-refractivity contribution in [3.63, 3.8) is 0 Å². The van der Waals surface area contributed by atoms with E-state index in [-0.39, 0.29) is 23.9 Å². The topological polar surface area (TPSA) is 112 Å². The van der Waals surface area contributed by atoms with Crippen molar-refractivity contribution < 1.29 is 13.2 Å². The number of nitrogens with zero attached hydrogens (tertiary/aromatic N) is 8. The summed E-state index contributed by atoms with van der Waals surface area (Å²) in [6.45, 7) is 1.77. The number of nitrogen functional groups attached to an aromatic ring is 1. The van der Waals surface area contributed by atoms with Gasteiger partial charge < -0.3 is 10.6 Å². The molecule has 1 fully saturated rings. The summed E-state index contributed by atoms with van der Waals surface area (Å²) < 4.78 is 38.7. The first-order valence-electron chi connectivity index (χ1n) is 9.09. The number of hydrogen-bond donors (Lipinski definition) is 1. The van der Waals surface area contributed by atoms with Gasteiger partial charge in [0.05, 0.1) is 5.56 Å². The number of alkyl halides is 3. The van der Waals surface area contributed by atoms with E-state index in [9.17, 15) is 13.2 Å². The van der Waals surface area contributed by atoms with Gasteiger partial charge in [0, 0.05) is 18.7 Å². The predicted molar refractivity (Wildman–Crippen MR) is 97.7 cm³/mol. The molecule has 12 heteroatoms. The van der Waals surface area contributed by atoms with Crippen molar-refractivity contribution in [1.29, 1.82) is 0 Å². The van der Waals surface area contributed by atoms with Crippen LogP contribution in [0, 0.1) is 0 Å². The zero-order valence-corrected chi connectivity index (χ0v) is 15.3. The highest BCUT2D eigenvalue weighted by Gasteiger charge is 2.30. The zero-order chi connectivity index (χ0) is 20.4. The lowest BCUT2D eigenvalue weighted by Crippen LogP contribution is -2.31. The van der Waals surface area contributed by atoms with Crippen molar-refractivity contribution in [3.05, 3.63) is 35.7 Å². The monoisotopic (exact) mass is 405 g/mol. The maximum Gasteiger partial charge on any atom is 0.416 e. The Kier molecular flexibility index (Phi) is 4.99. The fourth-order valence-corrected chi connectivity index (χ4v) is 3.12. The van der Waals surface area contributed by atoms with Crippen LogP contribution in [0.4, 0.5) is 25.1 Å². The first kappa shape index (κ1) is 19.0. The van der Waals surface area contributed by atoms with Gasteiger partial charge in [0.15, 0.2) is 5.82 Å². The second kappa shape index (κ2) is 7.60. The first-order chi connectivity index (χ1) is 13.9. The van der Waals surface area contributed by atoms with Gasteiger partial charge in [-0.25, -0.2) is 0 Å². The lowest BCUT2D eigenvalue weighted by Gasteiger charge is -2.26. The van der Waals surface area contributed by atoms with E-state index in [1.54, 1.807) is 0 Å². The second-order valence-corrected chi connectivity index (χ2v) is 6.68. The molecule has 0 radical (unpaired) electrons. The number of anilines is 2. The van der Waals surface area contributed by atoms with Gasteiger partial charge >= 0.3 is 6.18 Å². The van der Waals surface area contributed by atoms with Crippen molar-refractivity contribution in [1.82, 2.24) is 35.2 Å². The fourth-order valence-electron chi connectivity index (χ4n) is 3.12. The zero-order valence-electron chi connectivity index (χ0n) is 15.3. The summed E-state index contributed by atoms with van der Waals surface area (Å²) in [6.07, 6.45) is -1.15. The lowest BCUT2D eigenvalue weighted by molar-refractivity contribution is -0.137. The SMILES string of the molecule is Nc1nc(Cn2nnc(-c3cccc(C(F)(F)F)c3)n2)nc(N2CCCCC2)n1. The molecule has 29 heavy (non-hydrogen) atoms. The van der Waals surface area contributed by atoms with Gasteiger partial charge in [-0.2, -0.15) is 32.9 Å². The smallest absolute Gasteiger partial charge is 0.368 e. The number of hydrogen-bond acceptors (Lipinski definition) is 8. The van der Waals surface area contributed by atoms with Crippen LogP contribution in [0.1, 0.15) is 30.7 Å². The van der Waals surface area contributed by atoms with E-state index < -0.39 is 11.7 Å². The van der Waals surface area contributed by atoms with E-state index in [1.807, 2.05) is 4.90 Å². The Morgan fingerprint density at radius 3 is 2.59 bits per heavy atom. The summed E-state index contributed by atoms with van der Waals surface area (Å²) in [5.74, 6) is 1.03. The minimum atomic E-state index is -4.45. The van der Waals surface area contributed by atoms with E-state index in [4.69, 9.17) is 5.73 Å². The highest BCUT2D eigenvalue weighted by Crippen LogP contribution is 2.31. The Morgan fingerprint density at radius 1 is 1.03 bits per heavy atom. The van der Waals surface area contributed by atoms with Crippen LogP contribution in [0.2, 0.25) is 0 Å². The van der Waals surface area contributed by atoms with Crippen LogP contribution in [-0.4, -0.2) is 48.2 Å². The van der Waals surface area contributed by atoms with Gasteiger partial charge in [-0.1, -0.05) is 12.1 Å². The maximum atomic E-state index is 12.9. The van der Waals surface area contributed by atoms with Crippen LogP contribution in [0.25, 0.3) is 11.4 Å². The quantitative estimate of drug-likeness (QED) is 0.703. The third-order valence-corrected chi connectivity index (χ3v) is 4.51. The van der Waals surface area contributed by atoms with E-state index in [2.05, 4.69) is 30.4 Å². The normalized spacial score (nSPS) is 14.9. The van der Waals surface area contributed by atoms with Crippen molar-refractivity contribution in [2.45, 2.75) is 32.0 Å². The molecule has 0 atom stereocenters. The second-order valence-electron chi connectivity index (χ2n) is 6.68. The average Bonchev–Trinajstić information content (AvgIpc) is 3.16. The molecule has 1 aliphatic rings. The number of benzene rings is 1. The molecule has 2 N–H and O–H groups in total. The van der Waals surface area contributed by atoms with E-state index in [0.717, 1.165) is 38.1 Å². The molecule has 0 aliphatic carbocycles. The molecule has 1 aliphatic heterocycles. The summed E-state index contributed by atoms with van der Waals surface area (Å²) in [5, 5.41) is 11.9. The number of rotatable bonds is 4. The minimum Gasteiger partial charge on any atom is -0.368 e. The average molecular weight is 405 g/mol. The molecular formula is C17H18F3N9. The van der Waals surface area contributed by atoms with E-state index >= 15 is 0 Å². The molecule has 2 aromatic heterocycles. The molecule has 152 valence electrons. The molecule has 1 saturated heterocycles. The van der Waals surface area contributed by atoms with E-state index in [1.165, 1.54) is 23.4 Å². The third kappa shape index (κ3) is 4.41. The predicted octanol–water partition coefficient (Wildman–Crippen LogP) is 2.16. The Hall–Kier alpha value is -3.31. The molecular weight excluding hydrogens is 387 g/mol. The van der Waals surface area contributed by atoms with Crippen LogP contribution < -0.4 is 10.6 Å². The highest BCUT2D eigenvalue weighted by atomic mass is 19.4. The lowest BCUT2D eigenvalue weighted by atomic mass is 10.1. The Balaban J connectivity index is 1.54. The largest absolute Gasteiger partial charge is 0.416 e. The van der Waals surface area contributed by atoms with Gasteiger partial charge in [0.2, 0.25) is 17.7 Å². The standard InChI is InChI=1S/C17H18F3N9/c18-17(19,20)12-6-4-5-11(9-12)14-25-27-29(26-14)10-13-22-15(21)24-16(23-13)28-7-2-1-3-8-28/h4-6,9H,1-3,7-8,10H2,(H2,21,22,23,24). The molecule has 3 aromatic rings. The van der Waals surface area contributed by atoms with Crippen molar-refractivity contribution >= 4 is 11.9 Å². The summed E-state index contributed by atoms with van der Waals surface area (Å²) in [4.78, 5) is 16.0. The maximum absolute atomic E-state index is 12.9. The number of piperidine rings is 1. The molecule has 0 saturated carbocycles. The number of tetrazole rings is 1. The van der Waals surface area contributed by atoms with Crippen LogP contribution in [-0.2, 0) is 12.7 Å². The van der Waals surface area contributed by atoms with Gasteiger partial charge in [-0.15, -0.1) is 10.2 Å². The van der Waals surface area contributed by atoms with Crippen molar-refractivity contribution in [2.75, 3.05) is 23.7 Å². The summed E-state index contributed by atoms with van der Waals surface area (Å²) in [7, 11) is 0. The van der Waals surface area contributed by atoms with Crippen molar-refractivity contribution in [3.8, 4) is 11.4 Å². The van der Waals surface area contributed by atoms with Gasteiger partial charge in [0.1, 0.15) is 6.54 Å². The van der Waals surface area contributed by atoms with E-state index in [0.29, 0.717) is 11.8 Å². The summed E-state index contributed by atoms with van der Waals surface area (Å²) in [5.41, 5.74) is 5.25. The Bertz CT molecular complexity index is 996. The molecule has 1 aromatic carbocycles. The van der Waals surface area contributed by atoms with Crippen LogP contribution in [0.3, 0.4) is 0 Å². The molecule has 0 unspecified atom stereocenters. The molecule has 4 rings (SSSR count).